The molecule has 3 rings (SSSR count). The van der Waals surface area contributed by atoms with Crippen molar-refractivity contribution in [2.75, 3.05) is 0 Å². The van der Waals surface area contributed by atoms with Gasteiger partial charge < -0.3 is 0 Å². The molecule has 0 amide bonds. The molecule has 1 aromatic rings. The Hall–Kier alpha value is -1.82. The first kappa shape index (κ1) is 7.57. The maximum atomic E-state index is 3.25. The second-order valence-electron chi connectivity index (χ2n) is 3.42. The van der Waals surface area contributed by atoms with Gasteiger partial charge in [0.1, 0.15) is 0 Å². The van der Waals surface area contributed by atoms with E-state index in [1.807, 2.05) is 12.1 Å². The molecule has 0 aromatic heterocycles. The van der Waals surface area contributed by atoms with Crippen molar-refractivity contribution in [3.05, 3.63) is 60.7 Å². The van der Waals surface area contributed by atoms with Gasteiger partial charge in [0.25, 0.3) is 0 Å². The summed E-state index contributed by atoms with van der Waals surface area (Å²) in [6.45, 7) is 0. The minimum atomic E-state index is 1.20. The van der Waals surface area contributed by atoms with E-state index in [0.29, 0.717) is 0 Å². The Morgan fingerprint density at radius 3 is 2.79 bits per heavy atom. The maximum absolute atomic E-state index is 3.25. The van der Waals surface area contributed by atoms with E-state index in [4.69, 9.17) is 0 Å². The van der Waals surface area contributed by atoms with Gasteiger partial charge in [-0.05, 0) is 34.0 Å². The van der Waals surface area contributed by atoms with Gasteiger partial charge in [-0.2, -0.15) is 0 Å². The molecule has 0 aliphatic heterocycles. The van der Waals surface area contributed by atoms with Gasteiger partial charge in [0.05, 0.1) is 0 Å². The fraction of sp³-hybridized carbons (Fsp3) is 0. The van der Waals surface area contributed by atoms with Crippen molar-refractivity contribution in [3.8, 4) is 11.1 Å². The standard InChI is InChI=1S/C14H9/c1-2-6-11-10-12-7-4-5-9-14(12)13(11)8-3-1/h1-6,8-10H. The molecule has 1 radical (unpaired) electrons. The lowest BCUT2D eigenvalue weighted by Crippen LogP contribution is -1.65. The van der Waals surface area contributed by atoms with Gasteiger partial charge in [-0.1, -0.05) is 48.5 Å². The highest BCUT2D eigenvalue weighted by molar-refractivity contribution is 6.01. The number of benzene rings is 1. The van der Waals surface area contributed by atoms with Crippen LogP contribution in [0, 0.1) is 6.07 Å². The summed E-state index contributed by atoms with van der Waals surface area (Å²) in [5.74, 6) is 0. The molecule has 65 valence electrons. The average Bonchev–Trinajstić information content (AvgIpc) is 2.42. The lowest BCUT2D eigenvalue weighted by atomic mass is 10.1. The van der Waals surface area contributed by atoms with Crippen molar-refractivity contribution in [1.82, 2.24) is 0 Å². The van der Waals surface area contributed by atoms with E-state index in [-0.39, 0.29) is 0 Å². The van der Waals surface area contributed by atoms with Crippen LogP contribution in [0.3, 0.4) is 0 Å². The zero-order chi connectivity index (χ0) is 9.38. The van der Waals surface area contributed by atoms with E-state index in [2.05, 4.69) is 48.5 Å². The van der Waals surface area contributed by atoms with Crippen molar-refractivity contribution < 1.29 is 0 Å². The summed E-state index contributed by atoms with van der Waals surface area (Å²) in [6.07, 6.45) is 0. The van der Waals surface area contributed by atoms with Crippen LogP contribution >= 0.6 is 0 Å². The summed E-state index contributed by atoms with van der Waals surface area (Å²) >= 11 is 0. The second kappa shape index (κ2) is 2.85. The van der Waals surface area contributed by atoms with Crippen molar-refractivity contribution >= 4 is 10.8 Å². The Bertz CT molecular complexity index is 552. The van der Waals surface area contributed by atoms with E-state index in [9.17, 15) is 0 Å². The number of hydrogen-bond donors (Lipinski definition) is 0. The molecule has 0 heterocycles. The van der Waals surface area contributed by atoms with E-state index >= 15 is 0 Å². The first-order valence-corrected chi connectivity index (χ1v) is 4.73. The van der Waals surface area contributed by atoms with Crippen LogP contribution in [-0.4, -0.2) is 0 Å². The largest absolute Gasteiger partial charge is 0.0622 e. The van der Waals surface area contributed by atoms with Gasteiger partial charge >= 0.3 is 0 Å². The summed E-state index contributed by atoms with van der Waals surface area (Å²) < 4.78 is 0. The minimum Gasteiger partial charge on any atom is -0.0622 e. The van der Waals surface area contributed by atoms with Gasteiger partial charge in [-0.25, -0.2) is 0 Å². The Morgan fingerprint density at radius 1 is 0.857 bits per heavy atom. The maximum Gasteiger partial charge on any atom is -0.00928 e. The highest BCUT2D eigenvalue weighted by Crippen LogP contribution is 2.32. The summed E-state index contributed by atoms with van der Waals surface area (Å²) in [6, 6.07) is 22.1. The third kappa shape index (κ3) is 1.01. The quantitative estimate of drug-likeness (QED) is 0.490. The van der Waals surface area contributed by atoms with Crippen LogP contribution in [0.5, 0.6) is 0 Å². The molecule has 0 unspecified atom stereocenters. The number of fused-ring (bicyclic) bond motifs is 3. The van der Waals surface area contributed by atoms with Crippen LogP contribution < -0.4 is 0 Å². The fourth-order valence-electron chi connectivity index (χ4n) is 1.89. The molecule has 1 aromatic carbocycles. The predicted octanol–water partition coefficient (Wildman–Crippen LogP) is 3.74. The normalized spacial score (nSPS) is 10.9. The highest BCUT2D eigenvalue weighted by atomic mass is 14.1. The fourth-order valence-corrected chi connectivity index (χ4v) is 1.89. The SMILES string of the molecule is [c]1cccc2c3cccccc-3cc12. The first-order valence-electron chi connectivity index (χ1n) is 4.73. The topological polar surface area (TPSA) is 0 Å². The first-order chi connectivity index (χ1) is 6.95. The zero-order valence-corrected chi connectivity index (χ0v) is 7.70. The molecule has 0 spiro atoms. The van der Waals surface area contributed by atoms with Crippen molar-refractivity contribution in [2.24, 2.45) is 0 Å². The van der Waals surface area contributed by atoms with Crippen molar-refractivity contribution in [2.45, 2.75) is 0 Å². The molecule has 0 saturated heterocycles. The lowest BCUT2D eigenvalue weighted by Gasteiger charge is -1.91. The summed E-state index contributed by atoms with van der Waals surface area (Å²) in [5.41, 5.74) is 2.59. The van der Waals surface area contributed by atoms with Gasteiger partial charge in [0.2, 0.25) is 0 Å². The monoisotopic (exact) mass is 177 g/mol. The summed E-state index contributed by atoms with van der Waals surface area (Å²) in [5, 5.41) is 2.49. The molecule has 0 fully saturated rings. The van der Waals surface area contributed by atoms with Crippen LogP contribution in [0.25, 0.3) is 21.9 Å². The molecule has 0 heteroatoms. The zero-order valence-electron chi connectivity index (χ0n) is 7.70. The van der Waals surface area contributed by atoms with E-state index in [1.165, 1.54) is 21.9 Å². The molecule has 0 bridgehead atoms. The van der Waals surface area contributed by atoms with Crippen LogP contribution in [0.2, 0.25) is 0 Å². The van der Waals surface area contributed by atoms with E-state index < -0.39 is 0 Å². The van der Waals surface area contributed by atoms with E-state index in [1.54, 1.807) is 0 Å². The van der Waals surface area contributed by atoms with Gasteiger partial charge in [-0.15, -0.1) is 0 Å². The number of hydrogen-bond acceptors (Lipinski definition) is 0. The summed E-state index contributed by atoms with van der Waals surface area (Å²) in [4.78, 5) is 0. The van der Waals surface area contributed by atoms with Crippen LogP contribution in [0.1, 0.15) is 0 Å². The van der Waals surface area contributed by atoms with Crippen molar-refractivity contribution in [3.63, 3.8) is 0 Å². The average molecular weight is 177 g/mol. The Labute approximate surface area is 83.1 Å². The predicted molar refractivity (Wildman–Crippen MR) is 59.4 cm³/mol. The molecule has 0 saturated carbocycles. The summed E-state index contributed by atoms with van der Waals surface area (Å²) in [7, 11) is 0. The van der Waals surface area contributed by atoms with Gasteiger partial charge in [-0.3, -0.25) is 0 Å². The van der Waals surface area contributed by atoms with Crippen molar-refractivity contribution in [1.29, 1.82) is 0 Å². The highest BCUT2D eigenvalue weighted by Gasteiger charge is 2.06. The second-order valence-corrected chi connectivity index (χ2v) is 3.42. The van der Waals surface area contributed by atoms with Gasteiger partial charge in [0.15, 0.2) is 0 Å². The van der Waals surface area contributed by atoms with E-state index in [0.717, 1.165) is 0 Å². The van der Waals surface area contributed by atoms with Crippen LogP contribution in [0.4, 0.5) is 0 Å². The minimum absolute atomic E-state index is 1.20. The third-order valence-electron chi connectivity index (χ3n) is 2.55. The molecule has 0 atom stereocenters. The molecule has 14 heavy (non-hydrogen) atoms. The smallest absolute Gasteiger partial charge is 0.00928 e. The lowest BCUT2D eigenvalue weighted by molar-refractivity contribution is 1.82. The molecular weight excluding hydrogens is 168 g/mol. The van der Waals surface area contributed by atoms with Crippen LogP contribution in [-0.2, 0) is 0 Å². The Balaban J connectivity index is 2.52. The Morgan fingerprint density at radius 2 is 1.79 bits per heavy atom. The third-order valence-corrected chi connectivity index (χ3v) is 2.55. The van der Waals surface area contributed by atoms with Crippen LogP contribution in [0.15, 0.2) is 54.6 Å². The Kier molecular flexibility index (Phi) is 1.54. The molecular formula is C14H9. The molecule has 2 aliphatic rings. The molecule has 0 nitrogen and oxygen atoms in total. The molecule has 2 aliphatic carbocycles. The van der Waals surface area contributed by atoms with Gasteiger partial charge in [0, 0.05) is 0 Å². The number of rotatable bonds is 0. The molecule has 0 N–H and O–H groups in total.